The highest BCUT2D eigenvalue weighted by Crippen LogP contribution is 2.56. The highest BCUT2D eigenvalue weighted by Gasteiger charge is 2.51. The van der Waals surface area contributed by atoms with Crippen molar-refractivity contribution in [1.82, 2.24) is 0 Å². The lowest BCUT2D eigenvalue weighted by molar-refractivity contribution is 0.339. The minimum Gasteiger partial charge on any atom is -0.311 e. The van der Waals surface area contributed by atoms with E-state index in [2.05, 4.69) is 198 Å². The Morgan fingerprint density at radius 2 is 1.09 bits per heavy atom. The predicted molar refractivity (Wildman–Crippen MR) is 239 cm³/mol. The van der Waals surface area contributed by atoms with E-state index in [4.69, 9.17) is 0 Å². The molecule has 0 radical (unpaired) electrons. The number of rotatable bonds is 2. The van der Waals surface area contributed by atoms with E-state index in [-0.39, 0.29) is 33.8 Å². The highest BCUT2D eigenvalue weighted by molar-refractivity contribution is 7.29. The van der Waals surface area contributed by atoms with Gasteiger partial charge in [-0.15, -0.1) is 0 Å². The molecule has 0 N–H and O–H groups in total. The molecule has 0 spiro atoms. The molecule has 8 rings (SSSR count). The maximum atomic E-state index is 2.72. The van der Waals surface area contributed by atoms with Crippen LogP contribution < -0.4 is 25.5 Å². The summed E-state index contributed by atoms with van der Waals surface area (Å²) in [7, 11) is 0. The molecule has 3 heterocycles. The van der Waals surface area contributed by atoms with Crippen molar-refractivity contribution in [3.05, 3.63) is 111 Å². The number of hydrogen-bond donors (Lipinski definition) is 0. The number of anilines is 6. The van der Waals surface area contributed by atoms with Gasteiger partial charge in [-0.2, -0.15) is 11.3 Å². The summed E-state index contributed by atoms with van der Waals surface area (Å²) < 4.78 is 1.51. The molecule has 0 amide bonds. The summed E-state index contributed by atoms with van der Waals surface area (Å²) in [5.74, 6) is 0. The summed E-state index contributed by atoms with van der Waals surface area (Å²) in [6.45, 7) is 35.7. The minimum absolute atomic E-state index is 0.0265. The molecule has 0 bridgehead atoms. The van der Waals surface area contributed by atoms with Gasteiger partial charge in [-0.1, -0.05) is 126 Å². The van der Waals surface area contributed by atoms with Gasteiger partial charge in [0.2, 0.25) is 0 Å². The van der Waals surface area contributed by atoms with Gasteiger partial charge in [0, 0.05) is 38.1 Å². The van der Waals surface area contributed by atoms with Crippen LogP contribution in [0.2, 0.25) is 0 Å². The molecule has 4 aromatic carbocycles. The maximum Gasteiger partial charge on any atom is 0.264 e. The molecule has 1 aromatic heterocycles. The molecule has 0 saturated carbocycles. The molecule has 4 heteroatoms. The Balaban J connectivity index is 1.50. The van der Waals surface area contributed by atoms with Crippen LogP contribution in [0, 0.1) is 13.8 Å². The number of hydrogen-bond acceptors (Lipinski definition) is 3. The van der Waals surface area contributed by atoms with Crippen molar-refractivity contribution in [2.75, 3.05) is 9.80 Å². The number of benzene rings is 4. The quantitative estimate of drug-likeness (QED) is 0.163. The van der Waals surface area contributed by atoms with Gasteiger partial charge in [0.1, 0.15) is 0 Å². The summed E-state index contributed by atoms with van der Waals surface area (Å²) in [5.41, 5.74) is 19.4. The van der Waals surface area contributed by atoms with E-state index >= 15 is 0 Å². The van der Waals surface area contributed by atoms with Crippen molar-refractivity contribution in [1.29, 1.82) is 0 Å². The Bertz CT molecular complexity index is 2320. The van der Waals surface area contributed by atoms with Gasteiger partial charge in [-0.05, 0) is 134 Å². The third kappa shape index (κ3) is 5.72. The van der Waals surface area contributed by atoms with Crippen molar-refractivity contribution < 1.29 is 0 Å². The normalized spacial score (nSPS) is 17.2. The van der Waals surface area contributed by atoms with Crippen LogP contribution in [0.25, 0.3) is 0 Å². The summed E-state index contributed by atoms with van der Waals surface area (Å²) in [6.07, 6.45) is 2.39. The van der Waals surface area contributed by atoms with Crippen LogP contribution in [0.15, 0.2) is 72.8 Å². The number of fused-ring (bicyclic) bond motifs is 6. The lowest BCUT2D eigenvalue weighted by atomic mass is 9.35. The zero-order chi connectivity index (χ0) is 39.1. The summed E-state index contributed by atoms with van der Waals surface area (Å²) in [6, 6.07) is 29.0. The molecule has 54 heavy (non-hydrogen) atoms. The van der Waals surface area contributed by atoms with Crippen LogP contribution in [-0.4, -0.2) is 6.71 Å². The predicted octanol–water partition coefficient (Wildman–Crippen LogP) is 12.7. The monoisotopic (exact) mass is 732 g/mol. The van der Waals surface area contributed by atoms with Crippen LogP contribution in [0.4, 0.5) is 34.1 Å². The number of aryl methyl sites for hydroxylation is 2. The third-order valence-corrected chi connectivity index (χ3v) is 14.5. The molecule has 2 aliphatic heterocycles. The van der Waals surface area contributed by atoms with Gasteiger partial charge in [0.25, 0.3) is 6.71 Å². The van der Waals surface area contributed by atoms with Crippen LogP contribution in [-0.2, 0) is 27.1 Å². The number of nitrogens with zero attached hydrogens (tertiary/aromatic N) is 2. The van der Waals surface area contributed by atoms with E-state index in [1.807, 2.05) is 0 Å². The van der Waals surface area contributed by atoms with Gasteiger partial charge >= 0.3 is 0 Å². The molecule has 280 valence electrons. The molecule has 0 atom stereocenters. The van der Waals surface area contributed by atoms with E-state index in [0.29, 0.717) is 0 Å². The molecule has 1 aliphatic carbocycles. The van der Waals surface area contributed by atoms with Gasteiger partial charge in [0.15, 0.2) is 0 Å². The third-order valence-electron chi connectivity index (χ3n) is 12.9. The van der Waals surface area contributed by atoms with Gasteiger partial charge in [-0.25, -0.2) is 0 Å². The number of thiophene rings is 1. The first-order valence-corrected chi connectivity index (χ1v) is 21.1. The zero-order valence-corrected chi connectivity index (χ0v) is 36.5. The average Bonchev–Trinajstić information content (AvgIpc) is 3.49. The Kier molecular flexibility index (Phi) is 8.18. The van der Waals surface area contributed by atoms with E-state index in [0.717, 1.165) is 0 Å². The van der Waals surface area contributed by atoms with Crippen LogP contribution in [0.3, 0.4) is 0 Å². The summed E-state index contributed by atoms with van der Waals surface area (Å²) >= 11 is 2.12. The molecule has 5 aromatic rings. The van der Waals surface area contributed by atoms with E-state index in [9.17, 15) is 0 Å². The lowest BCUT2D eigenvalue weighted by Gasteiger charge is -2.46. The first-order valence-electron chi connectivity index (χ1n) is 20.3. The second-order valence-corrected chi connectivity index (χ2v) is 22.2. The standard InChI is InChI=1S/C50H61BN2S/c1-30-26-39-42-40(27-30)53(37-22-18-33(28-31(37)2)47(6,7)8)43-41-44(50(14,15)25-24-49(41,12)13)54-45(43)51(42)36-29-34(48(9,10)11)19-23-38(36)52(39)35-20-16-32(17-21-35)46(3,4)5/h16-23,26-29H,24-25H2,1-15H3. The molecule has 3 aliphatic rings. The van der Waals surface area contributed by atoms with Gasteiger partial charge in [0.05, 0.1) is 5.69 Å². The minimum atomic E-state index is 0.0265. The van der Waals surface area contributed by atoms with E-state index in [1.165, 1.54) is 90.5 Å². The van der Waals surface area contributed by atoms with Gasteiger partial charge < -0.3 is 9.80 Å². The van der Waals surface area contributed by atoms with Crippen LogP contribution >= 0.6 is 11.3 Å². The molecular weight excluding hydrogens is 671 g/mol. The van der Waals surface area contributed by atoms with E-state index < -0.39 is 0 Å². The fourth-order valence-corrected chi connectivity index (χ4v) is 11.1. The lowest BCUT2D eigenvalue weighted by Crippen LogP contribution is -2.61. The second kappa shape index (κ2) is 11.9. The Hall–Kier alpha value is -3.76. The molecule has 0 unspecified atom stereocenters. The van der Waals surface area contributed by atoms with Crippen molar-refractivity contribution in [2.24, 2.45) is 0 Å². The zero-order valence-electron chi connectivity index (χ0n) is 35.7. The largest absolute Gasteiger partial charge is 0.311 e. The fourth-order valence-electron chi connectivity index (χ4n) is 9.40. The van der Waals surface area contributed by atoms with Crippen molar-refractivity contribution in [2.45, 2.75) is 144 Å². The Labute approximate surface area is 331 Å². The van der Waals surface area contributed by atoms with Crippen LogP contribution in [0.5, 0.6) is 0 Å². The maximum absolute atomic E-state index is 2.72. The first-order chi connectivity index (χ1) is 25.0. The summed E-state index contributed by atoms with van der Waals surface area (Å²) in [5, 5.41) is 0. The summed E-state index contributed by atoms with van der Waals surface area (Å²) in [4.78, 5) is 6.88. The molecular formula is C50H61BN2S. The second-order valence-electron chi connectivity index (χ2n) is 21.2. The SMILES string of the molecule is Cc1cc2c3c(c1)N(c1ccc(C(C)(C)C)cc1C)c1c(sc4c1C(C)(C)CCC4(C)C)B3c1cc(C(C)(C)C)ccc1N2c1ccc(C(C)(C)C)cc1. The highest BCUT2D eigenvalue weighted by atomic mass is 32.1. The molecule has 0 fully saturated rings. The topological polar surface area (TPSA) is 6.48 Å². The smallest absolute Gasteiger partial charge is 0.264 e. The van der Waals surface area contributed by atoms with Crippen molar-refractivity contribution in [3.8, 4) is 0 Å². The fraction of sp³-hybridized carbons (Fsp3) is 0.440. The molecule has 2 nitrogen and oxygen atoms in total. The van der Waals surface area contributed by atoms with Crippen molar-refractivity contribution in [3.63, 3.8) is 0 Å². The van der Waals surface area contributed by atoms with Gasteiger partial charge in [-0.3, -0.25) is 0 Å². The Morgan fingerprint density at radius 3 is 1.67 bits per heavy atom. The van der Waals surface area contributed by atoms with E-state index in [1.54, 1.807) is 10.4 Å². The first kappa shape index (κ1) is 37.2. The molecule has 0 saturated heterocycles. The average molecular weight is 733 g/mol. The van der Waals surface area contributed by atoms with Crippen molar-refractivity contribution >= 4 is 67.9 Å². The van der Waals surface area contributed by atoms with Crippen LogP contribution in [0.1, 0.15) is 141 Å². The Morgan fingerprint density at radius 1 is 0.574 bits per heavy atom.